The predicted molar refractivity (Wildman–Crippen MR) is 88.0 cm³/mol. The number of hydrogen-bond acceptors (Lipinski definition) is 4. The van der Waals surface area contributed by atoms with Crippen LogP contribution in [0.1, 0.15) is 18.4 Å². The number of thiophene rings is 1. The van der Waals surface area contributed by atoms with Gasteiger partial charge in [-0.2, -0.15) is 0 Å². The monoisotopic (exact) mass is 316 g/mol. The Labute approximate surface area is 134 Å². The number of nitrogens with one attached hydrogen (secondary N) is 1. The SMILES string of the molecule is O=C1COC2(CCN(Cc3csc4ccccc34)CC2)CN1. The summed E-state index contributed by atoms with van der Waals surface area (Å²) in [6.07, 6.45) is 1.99. The van der Waals surface area contributed by atoms with Crippen LogP contribution in [-0.2, 0) is 16.1 Å². The van der Waals surface area contributed by atoms with Gasteiger partial charge >= 0.3 is 0 Å². The molecule has 1 spiro atoms. The fourth-order valence-corrected chi connectivity index (χ4v) is 4.37. The van der Waals surface area contributed by atoms with Gasteiger partial charge in [-0.3, -0.25) is 9.69 Å². The van der Waals surface area contributed by atoms with Crippen LogP contribution in [0, 0.1) is 0 Å². The first-order chi connectivity index (χ1) is 10.7. The number of amides is 1. The van der Waals surface area contributed by atoms with Gasteiger partial charge < -0.3 is 10.1 Å². The Kier molecular flexibility index (Phi) is 3.64. The maximum absolute atomic E-state index is 11.2. The molecule has 1 amide bonds. The number of rotatable bonds is 2. The molecular weight excluding hydrogens is 296 g/mol. The van der Waals surface area contributed by atoms with Gasteiger partial charge in [0, 0.05) is 30.9 Å². The van der Waals surface area contributed by atoms with Crippen LogP contribution in [0.4, 0.5) is 0 Å². The molecular formula is C17H20N2O2S. The van der Waals surface area contributed by atoms with Crippen LogP contribution in [0.25, 0.3) is 10.1 Å². The number of nitrogens with zero attached hydrogens (tertiary/aromatic N) is 1. The fourth-order valence-electron chi connectivity index (χ4n) is 3.42. The first-order valence-corrected chi connectivity index (χ1v) is 8.70. The number of piperidine rings is 1. The standard InChI is InChI=1S/C17H20N2O2S/c20-16-10-21-17(12-18-16)5-7-19(8-6-17)9-13-11-22-15-4-2-1-3-14(13)15/h1-4,11H,5-10,12H2,(H,18,20). The Morgan fingerprint density at radius 3 is 2.86 bits per heavy atom. The summed E-state index contributed by atoms with van der Waals surface area (Å²) in [4.78, 5) is 13.7. The van der Waals surface area contributed by atoms with Gasteiger partial charge in [0.15, 0.2) is 0 Å². The fraction of sp³-hybridized carbons (Fsp3) is 0.471. The van der Waals surface area contributed by atoms with Gasteiger partial charge in [0.2, 0.25) is 5.91 Å². The average molecular weight is 316 g/mol. The summed E-state index contributed by atoms with van der Waals surface area (Å²) in [5, 5.41) is 6.61. The lowest BCUT2D eigenvalue weighted by Crippen LogP contribution is -2.57. The third-order valence-corrected chi connectivity index (χ3v) is 5.85. The molecule has 0 aliphatic carbocycles. The lowest BCUT2D eigenvalue weighted by atomic mass is 9.90. The van der Waals surface area contributed by atoms with Crippen molar-refractivity contribution in [1.29, 1.82) is 0 Å². The summed E-state index contributed by atoms with van der Waals surface area (Å²) in [6.45, 7) is 3.95. The van der Waals surface area contributed by atoms with E-state index in [-0.39, 0.29) is 18.1 Å². The summed E-state index contributed by atoms with van der Waals surface area (Å²) in [7, 11) is 0. The molecule has 1 aromatic heterocycles. The first-order valence-electron chi connectivity index (χ1n) is 7.82. The number of ether oxygens (including phenoxy) is 1. The Balaban J connectivity index is 1.41. The van der Waals surface area contributed by atoms with Gasteiger partial charge in [0.25, 0.3) is 0 Å². The minimum atomic E-state index is -0.124. The molecule has 1 aromatic carbocycles. The van der Waals surface area contributed by atoms with Gasteiger partial charge in [-0.25, -0.2) is 0 Å². The normalized spacial score (nSPS) is 22.1. The summed E-state index contributed by atoms with van der Waals surface area (Å²) in [5.41, 5.74) is 1.30. The van der Waals surface area contributed by atoms with E-state index in [4.69, 9.17) is 4.74 Å². The second-order valence-electron chi connectivity index (χ2n) is 6.28. The minimum absolute atomic E-state index is 0.0118. The van der Waals surface area contributed by atoms with Crippen LogP contribution in [0.5, 0.6) is 0 Å². The minimum Gasteiger partial charge on any atom is -0.363 e. The van der Waals surface area contributed by atoms with Gasteiger partial charge in [-0.1, -0.05) is 18.2 Å². The zero-order valence-electron chi connectivity index (χ0n) is 12.5. The highest BCUT2D eigenvalue weighted by atomic mass is 32.1. The zero-order valence-corrected chi connectivity index (χ0v) is 13.3. The molecule has 5 heteroatoms. The average Bonchev–Trinajstić information content (AvgIpc) is 2.96. The molecule has 3 heterocycles. The summed E-state index contributed by atoms with van der Waals surface area (Å²) < 4.78 is 7.20. The van der Waals surface area contributed by atoms with Crippen LogP contribution in [0.15, 0.2) is 29.6 Å². The molecule has 116 valence electrons. The van der Waals surface area contributed by atoms with Crippen molar-refractivity contribution < 1.29 is 9.53 Å². The topological polar surface area (TPSA) is 41.6 Å². The molecule has 2 aliphatic rings. The maximum atomic E-state index is 11.2. The number of fused-ring (bicyclic) bond motifs is 1. The van der Waals surface area contributed by atoms with E-state index in [1.54, 1.807) is 0 Å². The van der Waals surface area contributed by atoms with Crippen molar-refractivity contribution in [3.63, 3.8) is 0 Å². The second kappa shape index (κ2) is 5.65. The molecule has 0 saturated carbocycles. The van der Waals surface area contributed by atoms with Gasteiger partial charge in [-0.05, 0) is 35.2 Å². The van der Waals surface area contributed by atoms with E-state index in [0.29, 0.717) is 6.54 Å². The highest BCUT2D eigenvalue weighted by Crippen LogP contribution is 2.31. The third-order valence-electron chi connectivity index (χ3n) is 4.84. The van der Waals surface area contributed by atoms with Crippen LogP contribution < -0.4 is 5.32 Å². The van der Waals surface area contributed by atoms with Crippen molar-refractivity contribution in [2.24, 2.45) is 0 Å². The van der Waals surface area contributed by atoms with E-state index >= 15 is 0 Å². The summed E-state index contributed by atoms with van der Waals surface area (Å²) in [5.74, 6) is 0.0118. The van der Waals surface area contributed by atoms with E-state index in [1.807, 2.05) is 11.3 Å². The molecule has 0 unspecified atom stereocenters. The highest BCUT2D eigenvalue weighted by Gasteiger charge is 2.38. The number of likely N-dealkylation sites (tertiary alicyclic amines) is 1. The number of hydrogen-bond donors (Lipinski definition) is 1. The molecule has 1 N–H and O–H groups in total. The van der Waals surface area contributed by atoms with Crippen molar-refractivity contribution >= 4 is 27.3 Å². The van der Waals surface area contributed by atoms with Gasteiger partial charge in [-0.15, -0.1) is 11.3 Å². The molecule has 2 aliphatic heterocycles. The smallest absolute Gasteiger partial charge is 0.246 e. The lowest BCUT2D eigenvalue weighted by Gasteiger charge is -2.43. The second-order valence-corrected chi connectivity index (χ2v) is 7.19. The number of benzene rings is 1. The number of carbonyl (C=O) groups is 1. The van der Waals surface area contributed by atoms with Crippen molar-refractivity contribution in [2.45, 2.75) is 25.0 Å². The van der Waals surface area contributed by atoms with Crippen molar-refractivity contribution in [1.82, 2.24) is 10.2 Å². The van der Waals surface area contributed by atoms with E-state index in [0.717, 1.165) is 32.5 Å². The molecule has 2 fully saturated rings. The van der Waals surface area contributed by atoms with Crippen LogP contribution >= 0.6 is 11.3 Å². The highest BCUT2D eigenvalue weighted by molar-refractivity contribution is 7.17. The molecule has 2 saturated heterocycles. The Bertz CT molecular complexity index is 677. The first kappa shape index (κ1) is 14.2. The van der Waals surface area contributed by atoms with Crippen LogP contribution in [0.3, 0.4) is 0 Å². The predicted octanol–water partition coefficient (Wildman–Crippen LogP) is 2.38. The maximum Gasteiger partial charge on any atom is 0.246 e. The Morgan fingerprint density at radius 1 is 1.27 bits per heavy atom. The van der Waals surface area contributed by atoms with Gasteiger partial charge in [0.1, 0.15) is 6.61 Å². The molecule has 0 radical (unpaired) electrons. The van der Waals surface area contributed by atoms with Crippen LogP contribution in [-0.4, -0.2) is 42.6 Å². The Morgan fingerprint density at radius 2 is 2.09 bits per heavy atom. The van der Waals surface area contributed by atoms with Crippen LogP contribution in [0.2, 0.25) is 0 Å². The third kappa shape index (κ3) is 2.64. The van der Waals surface area contributed by atoms with Crippen molar-refractivity contribution in [2.75, 3.05) is 26.2 Å². The summed E-state index contributed by atoms with van der Waals surface area (Å²) in [6, 6.07) is 8.61. The number of carbonyl (C=O) groups excluding carboxylic acids is 1. The summed E-state index contributed by atoms with van der Waals surface area (Å²) >= 11 is 1.83. The van der Waals surface area contributed by atoms with Gasteiger partial charge in [0.05, 0.1) is 5.60 Å². The molecule has 0 bridgehead atoms. The zero-order chi connectivity index (χ0) is 15.0. The quantitative estimate of drug-likeness (QED) is 0.925. The van der Waals surface area contributed by atoms with Crippen molar-refractivity contribution in [3.8, 4) is 0 Å². The lowest BCUT2D eigenvalue weighted by molar-refractivity contribution is -0.150. The Hall–Kier alpha value is -1.43. The molecule has 22 heavy (non-hydrogen) atoms. The molecule has 4 nitrogen and oxygen atoms in total. The van der Waals surface area contributed by atoms with E-state index in [2.05, 4.69) is 39.9 Å². The molecule has 0 atom stereocenters. The molecule has 4 rings (SSSR count). The largest absolute Gasteiger partial charge is 0.363 e. The van der Waals surface area contributed by atoms with E-state index < -0.39 is 0 Å². The number of morpholine rings is 1. The van der Waals surface area contributed by atoms with E-state index in [9.17, 15) is 4.79 Å². The molecule has 2 aromatic rings. The van der Waals surface area contributed by atoms with Crippen molar-refractivity contribution in [3.05, 3.63) is 35.2 Å². The van der Waals surface area contributed by atoms with E-state index in [1.165, 1.54) is 15.6 Å².